The fraction of sp³-hybridized carbons (Fsp3) is 0.611. The van der Waals surface area contributed by atoms with Crippen molar-refractivity contribution in [3.63, 3.8) is 0 Å². The zero-order valence-corrected chi connectivity index (χ0v) is 16.1. The molecule has 0 spiro atoms. The highest BCUT2D eigenvalue weighted by Crippen LogP contribution is 2.65. The number of sulfone groups is 1. The van der Waals surface area contributed by atoms with Gasteiger partial charge in [0.25, 0.3) is 5.91 Å². The van der Waals surface area contributed by atoms with Crippen molar-refractivity contribution in [1.29, 1.82) is 0 Å². The second-order valence-corrected chi connectivity index (χ2v) is 10.5. The molecule has 0 heterocycles. The molecular weight excluding hydrogens is 346 g/mol. The van der Waals surface area contributed by atoms with E-state index in [0.29, 0.717) is 5.92 Å². The summed E-state index contributed by atoms with van der Waals surface area (Å²) >= 11 is 6.14. The molecule has 3 rings (SSSR count). The second kappa shape index (κ2) is 5.46. The van der Waals surface area contributed by atoms with Gasteiger partial charge in [0.1, 0.15) is 0 Å². The molecule has 2 aliphatic rings. The third-order valence-corrected chi connectivity index (χ3v) is 8.15. The fourth-order valence-corrected chi connectivity index (χ4v) is 5.42. The van der Waals surface area contributed by atoms with Gasteiger partial charge in [-0.25, -0.2) is 8.42 Å². The second-order valence-electron chi connectivity index (χ2n) is 8.05. The Morgan fingerprint density at radius 2 is 1.96 bits per heavy atom. The van der Waals surface area contributed by atoms with Crippen molar-refractivity contribution in [2.24, 2.45) is 16.7 Å². The zero-order valence-electron chi connectivity index (χ0n) is 14.5. The van der Waals surface area contributed by atoms with Gasteiger partial charge in [0, 0.05) is 12.3 Å². The minimum Gasteiger partial charge on any atom is -0.349 e. The van der Waals surface area contributed by atoms with E-state index in [1.54, 1.807) is 0 Å². The van der Waals surface area contributed by atoms with Crippen molar-refractivity contribution in [1.82, 2.24) is 5.32 Å². The summed E-state index contributed by atoms with van der Waals surface area (Å²) < 4.78 is 23.5. The van der Waals surface area contributed by atoms with Crippen molar-refractivity contribution in [2.75, 3.05) is 6.26 Å². The minimum absolute atomic E-state index is 0.0637. The van der Waals surface area contributed by atoms with Crippen molar-refractivity contribution in [3.05, 3.63) is 28.8 Å². The van der Waals surface area contributed by atoms with Gasteiger partial charge in [-0.2, -0.15) is 0 Å². The predicted molar refractivity (Wildman–Crippen MR) is 95.0 cm³/mol. The lowest BCUT2D eigenvalue weighted by Crippen LogP contribution is -2.46. The Morgan fingerprint density at radius 1 is 1.29 bits per heavy atom. The lowest BCUT2D eigenvalue weighted by molar-refractivity contribution is 0.0826. The molecule has 0 aliphatic heterocycles. The van der Waals surface area contributed by atoms with Crippen LogP contribution in [0, 0.1) is 16.7 Å². The smallest absolute Gasteiger partial charge is 0.253 e. The Morgan fingerprint density at radius 3 is 2.46 bits per heavy atom. The number of hydrogen-bond donors (Lipinski definition) is 1. The van der Waals surface area contributed by atoms with E-state index in [0.717, 1.165) is 19.1 Å². The van der Waals surface area contributed by atoms with Gasteiger partial charge in [0.2, 0.25) is 0 Å². The molecule has 2 saturated carbocycles. The van der Waals surface area contributed by atoms with E-state index >= 15 is 0 Å². The van der Waals surface area contributed by atoms with Crippen molar-refractivity contribution in [2.45, 2.75) is 51.0 Å². The standard InChI is InChI=1S/C18H24ClNO3S/c1-17(2)11-7-8-18(17,3)15(9-11)20-16(21)13-10-12(24(4,22)23)5-6-14(13)19/h5-6,10-11,15H,7-9H2,1-4H3,(H,20,21). The number of carbonyl (C=O) groups excluding carboxylic acids is 1. The lowest BCUT2D eigenvalue weighted by Gasteiger charge is -2.39. The Balaban J connectivity index is 1.87. The molecule has 6 heteroatoms. The van der Waals surface area contributed by atoms with Crippen LogP contribution in [0.15, 0.2) is 23.1 Å². The summed E-state index contributed by atoms with van der Waals surface area (Å²) in [6.07, 6.45) is 4.41. The van der Waals surface area contributed by atoms with E-state index in [1.165, 1.54) is 24.6 Å². The molecule has 4 nitrogen and oxygen atoms in total. The van der Waals surface area contributed by atoms with Gasteiger partial charge in [-0.05, 0) is 54.2 Å². The van der Waals surface area contributed by atoms with Crippen LogP contribution in [0.25, 0.3) is 0 Å². The van der Waals surface area contributed by atoms with E-state index in [-0.39, 0.29) is 38.3 Å². The first kappa shape index (κ1) is 17.7. The van der Waals surface area contributed by atoms with Crippen LogP contribution >= 0.6 is 11.6 Å². The first-order valence-corrected chi connectivity index (χ1v) is 10.5. The van der Waals surface area contributed by atoms with Crippen LogP contribution in [0.4, 0.5) is 0 Å². The van der Waals surface area contributed by atoms with Gasteiger partial charge in [0.05, 0.1) is 15.5 Å². The Kier molecular flexibility index (Phi) is 4.04. The lowest BCUT2D eigenvalue weighted by atomic mass is 9.69. The maximum absolute atomic E-state index is 12.7. The van der Waals surface area contributed by atoms with E-state index in [1.807, 2.05) is 0 Å². The molecule has 1 N–H and O–H groups in total. The molecule has 0 aromatic heterocycles. The van der Waals surface area contributed by atoms with Gasteiger partial charge in [-0.15, -0.1) is 0 Å². The predicted octanol–water partition coefficient (Wildman–Crippen LogP) is 3.69. The summed E-state index contributed by atoms with van der Waals surface area (Å²) in [6, 6.07) is 4.36. The molecule has 2 fully saturated rings. The highest BCUT2D eigenvalue weighted by atomic mass is 35.5. The van der Waals surface area contributed by atoms with Crippen LogP contribution < -0.4 is 5.32 Å². The first-order valence-electron chi connectivity index (χ1n) is 8.27. The minimum atomic E-state index is -3.38. The average Bonchev–Trinajstić information content (AvgIpc) is 2.79. The van der Waals surface area contributed by atoms with Crippen molar-refractivity contribution >= 4 is 27.3 Å². The Bertz CT molecular complexity index is 802. The monoisotopic (exact) mass is 369 g/mol. The van der Waals surface area contributed by atoms with Gasteiger partial charge >= 0.3 is 0 Å². The Hall–Kier alpha value is -1.07. The average molecular weight is 370 g/mol. The van der Waals surface area contributed by atoms with Gasteiger partial charge in [0.15, 0.2) is 9.84 Å². The van der Waals surface area contributed by atoms with Crippen molar-refractivity contribution in [3.8, 4) is 0 Å². The molecule has 2 bridgehead atoms. The van der Waals surface area contributed by atoms with Crippen LogP contribution in [0.2, 0.25) is 5.02 Å². The number of halogens is 1. The van der Waals surface area contributed by atoms with Crippen LogP contribution in [0.1, 0.15) is 50.4 Å². The Labute approximate surface area is 148 Å². The third-order valence-electron chi connectivity index (χ3n) is 6.71. The number of rotatable bonds is 3. The number of nitrogens with one attached hydrogen (secondary N) is 1. The fourth-order valence-electron chi connectivity index (χ4n) is 4.57. The molecule has 132 valence electrons. The summed E-state index contributed by atoms with van der Waals surface area (Å²) in [7, 11) is -3.38. The largest absolute Gasteiger partial charge is 0.349 e. The van der Waals surface area contributed by atoms with Crippen LogP contribution in [-0.4, -0.2) is 26.6 Å². The van der Waals surface area contributed by atoms with Crippen LogP contribution in [-0.2, 0) is 9.84 Å². The maximum atomic E-state index is 12.7. The van der Waals surface area contributed by atoms with E-state index in [4.69, 9.17) is 11.6 Å². The highest BCUT2D eigenvalue weighted by Gasteiger charge is 2.61. The molecule has 3 atom stereocenters. The van der Waals surface area contributed by atoms with Gasteiger partial charge in [-0.1, -0.05) is 32.4 Å². The van der Waals surface area contributed by atoms with Crippen molar-refractivity contribution < 1.29 is 13.2 Å². The molecule has 2 aliphatic carbocycles. The molecule has 1 amide bonds. The third kappa shape index (κ3) is 2.57. The van der Waals surface area contributed by atoms with E-state index in [9.17, 15) is 13.2 Å². The molecule has 1 aromatic rings. The molecule has 1 aromatic carbocycles. The molecule has 24 heavy (non-hydrogen) atoms. The summed E-state index contributed by atoms with van der Waals surface area (Å²) in [6.45, 7) is 6.82. The maximum Gasteiger partial charge on any atom is 0.253 e. The molecule has 3 unspecified atom stereocenters. The zero-order chi connectivity index (χ0) is 17.9. The first-order chi connectivity index (χ1) is 11.0. The van der Waals surface area contributed by atoms with Crippen LogP contribution in [0.3, 0.4) is 0 Å². The molecule has 0 saturated heterocycles. The summed E-state index contributed by atoms with van der Waals surface area (Å²) in [5.41, 5.74) is 0.487. The van der Waals surface area contributed by atoms with E-state index in [2.05, 4.69) is 26.1 Å². The summed E-state index contributed by atoms with van der Waals surface area (Å²) in [5.74, 6) is 0.325. The number of amides is 1. The topological polar surface area (TPSA) is 63.2 Å². The summed E-state index contributed by atoms with van der Waals surface area (Å²) in [4.78, 5) is 12.8. The summed E-state index contributed by atoms with van der Waals surface area (Å²) in [5, 5.41) is 3.39. The normalized spacial score (nSPS) is 31.2. The number of fused-ring (bicyclic) bond motifs is 2. The number of benzene rings is 1. The SMILES string of the molecule is CC1(C)C2CCC1(C)C(NC(=O)c1cc(S(C)(=O)=O)ccc1Cl)C2. The quantitative estimate of drug-likeness (QED) is 0.883. The van der Waals surface area contributed by atoms with Crippen LogP contribution in [0.5, 0.6) is 0 Å². The number of carbonyl (C=O) groups is 1. The molecular formula is C18H24ClNO3S. The van der Waals surface area contributed by atoms with Gasteiger partial charge in [-0.3, -0.25) is 4.79 Å². The van der Waals surface area contributed by atoms with E-state index < -0.39 is 9.84 Å². The van der Waals surface area contributed by atoms with Gasteiger partial charge < -0.3 is 5.32 Å². The highest BCUT2D eigenvalue weighted by molar-refractivity contribution is 7.90. The number of hydrogen-bond acceptors (Lipinski definition) is 3. The molecule has 0 radical (unpaired) electrons.